The predicted molar refractivity (Wildman–Crippen MR) is 74.3 cm³/mol. The van der Waals surface area contributed by atoms with Crippen molar-refractivity contribution in [2.75, 3.05) is 12.8 Å². The van der Waals surface area contributed by atoms with Crippen molar-refractivity contribution in [1.82, 2.24) is 0 Å². The highest BCUT2D eigenvalue weighted by atomic mass is 19.3. The zero-order valence-electron chi connectivity index (χ0n) is 11.2. The highest BCUT2D eigenvalue weighted by Gasteiger charge is 2.15. The number of alkyl halides is 2. The van der Waals surface area contributed by atoms with Crippen LogP contribution in [-0.2, 0) is 4.74 Å². The van der Waals surface area contributed by atoms with Crippen LogP contribution in [0.3, 0.4) is 0 Å². The van der Waals surface area contributed by atoms with Crippen LogP contribution < -0.4 is 10.5 Å². The number of ether oxygens (including phenoxy) is 2. The number of hydrogen-bond donors (Lipinski definition) is 1. The second kappa shape index (κ2) is 6.21. The molecular formula is C15H13F2NO3. The molecule has 0 saturated heterocycles. The highest BCUT2D eigenvalue weighted by Crippen LogP contribution is 2.32. The minimum Gasteiger partial charge on any atom is -0.465 e. The van der Waals surface area contributed by atoms with Crippen molar-refractivity contribution in [3.63, 3.8) is 0 Å². The molecular weight excluding hydrogens is 280 g/mol. The van der Waals surface area contributed by atoms with E-state index in [1.165, 1.54) is 19.2 Å². The van der Waals surface area contributed by atoms with Crippen LogP contribution >= 0.6 is 0 Å². The van der Waals surface area contributed by atoms with Crippen molar-refractivity contribution in [3.05, 3.63) is 48.0 Å². The molecule has 4 nitrogen and oxygen atoms in total. The van der Waals surface area contributed by atoms with Gasteiger partial charge in [0.2, 0.25) is 0 Å². The second-order valence-electron chi connectivity index (χ2n) is 4.17. The van der Waals surface area contributed by atoms with Crippen LogP contribution in [0.25, 0.3) is 11.1 Å². The summed E-state index contributed by atoms with van der Waals surface area (Å²) in [6.07, 6.45) is 0. The van der Waals surface area contributed by atoms with Gasteiger partial charge < -0.3 is 15.2 Å². The van der Waals surface area contributed by atoms with Crippen LogP contribution in [0.5, 0.6) is 5.75 Å². The van der Waals surface area contributed by atoms with E-state index in [1.807, 2.05) is 0 Å². The molecule has 0 radical (unpaired) electrons. The lowest BCUT2D eigenvalue weighted by molar-refractivity contribution is -0.0493. The third-order valence-electron chi connectivity index (χ3n) is 2.87. The Hall–Kier alpha value is -2.63. The lowest BCUT2D eigenvalue weighted by atomic mass is 9.99. The summed E-state index contributed by atoms with van der Waals surface area (Å²) in [7, 11) is 1.27. The normalized spacial score (nSPS) is 10.5. The van der Waals surface area contributed by atoms with E-state index in [0.717, 1.165) is 0 Å². The molecule has 0 bridgehead atoms. The maximum absolute atomic E-state index is 12.3. The summed E-state index contributed by atoms with van der Waals surface area (Å²) in [6.45, 7) is -2.97. The quantitative estimate of drug-likeness (QED) is 0.694. The first-order valence-corrected chi connectivity index (χ1v) is 6.05. The van der Waals surface area contributed by atoms with Gasteiger partial charge in [-0.1, -0.05) is 24.3 Å². The molecule has 0 fully saturated rings. The molecule has 0 aromatic heterocycles. The van der Waals surface area contributed by atoms with Gasteiger partial charge >= 0.3 is 12.6 Å². The number of halogens is 2. The minimum atomic E-state index is -2.97. The van der Waals surface area contributed by atoms with Crippen LogP contribution in [0.2, 0.25) is 0 Å². The topological polar surface area (TPSA) is 61.5 Å². The first-order chi connectivity index (χ1) is 10.0. The maximum atomic E-state index is 12.3. The number of nitrogen functional groups attached to an aromatic ring is 1. The summed E-state index contributed by atoms with van der Waals surface area (Å²) in [4.78, 5) is 11.7. The van der Waals surface area contributed by atoms with Crippen molar-refractivity contribution < 1.29 is 23.0 Å². The molecule has 2 aromatic rings. The van der Waals surface area contributed by atoms with Crippen molar-refractivity contribution in [2.45, 2.75) is 6.61 Å². The van der Waals surface area contributed by atoms with Gasteiger partial charge in [-0.2, -0.15) is 8.78 Å². The molecule has 2 rings (SSSR count). The molecule has 0 amide bonds. The number of anilines is 1. The number of nitrogens with two attached hydrogens (primary N) is 1. The summed E-state index contributed by atoms with van der Waals surface area (Å²) in [5, 5.41) is 0. The fourth-order valence-electron chi connectivity index (χ4n) is 1.92. The average molecular weight is 293 g/mol. The standard InChI is InChI=1S/C15H13F2NO3/c1-20-14(19)11-5-3-2-4-10(11)9-6-7-12(18)13(8-9)21-15(16)17/h2-8,15H,18H2,1H3. The Balaban J connectivity index is 2.50. The third kappa shape index (κ3) is 3.28. The van der Waals surface area contributed by atoms with E-state index in [2.05, 4.69) is 4.74 Å². The largest absolute Gasteiger partial charge is 0.465 e. The van der Waals surface area contributed by atoms with Gasteiger partial charge in [-0.25, -0.2) is 4.79 Å². The average Bonchev–Trinajstić information content (AvgIpc) is 2.48. The van der Waals surface area contributed by atoms with Gasteiger partial charge in [0.1, 0.15) is 5.75 Å². The molecule has 110 valence electrons. The van der Waals surface area contributed by atoms with E-state index in [9.17, 15) is 13.6 Å². The monoisotopic (exact) mass is 293 g/mol. The molecule has 0 unspecified atom stereocenters. The van der Waals surface area contributed by atoms with Gasteiger partial charge in [-0.05, 0) is 29.3 Å². The first kappa shape index (κ1) is 14.8. The highest BCUT2D eigenvalue weighted by molar-refractivity contribution is 5.97. The van der Waals surface area contributed by atoms with Crippen LogP contribution in [0.15, 0.2) is 42.5 Å². The molecule has 0 heterocycles. The van der Waals surface area contributed by atoms with Crippen LogP contribution in [0.4, 0.5) is 14.5 Å². The third-order valence-corrected chi connectivity index (χ3v) is 2.87. The zero-order chi connectivity index (χ0) is 15.4. The molecule has 0 spiro atoms. The van der Waals surface area contributed by atoms with E-state index in [4.69, 9.17) is 10.5 Å². The van der Waals surface area contributed by atoms with Crippen molar-refractivity contribution in [2.24, 2.45) is 0 Å². The predicted octanol–water partition coefficient (Wildman–Crippen LogP) is 3.32. The van der Waals surface area contributed by atoms with Crippen LogP contribution in [0.1, 0.15) is 10.4 Å². The number of carbonyl (C=O) groups is 1. The Bertz CT molecular complexity index is 659. The smallest absolute Gasteiger partial charge is 0.387 e. The lowest BCUT2D eigenvalue weighted by Gasteiger charge is -2.12. The van der Waals surface area contributed by atoms with E-state index < -0.39 is 12.6 Å². The molecule has 21 heavy (non-hydrogen) atoms. The molecule has 0 aliphatic carbocycles. The Morgan fingerprint density at radius 3 is 2.57 bits per heavy atom. The number of esters is 1. The van der Waals surface area contributed by atoms with Crippen LogP contribution in [-0.4, -0.2) is 19.7 Å². The summed E-state index contributed by atoms with van der Waals surface area (Å²) in [6, 6.07) is 11.1. The number of hydrogen-bond acceptors (Lipinski definition) is 4. The van der Waals surface area contributed by atoms with Gasteiger partial charge in [0, 0.05) is 0 Å². The minimum absolute atomic E-state index is 0.0922. The summed E-state index contributed by atoms with van der Waals surface area (Å²) >= 11 is 0. The van der Waals surface area contributed by atoms with Crippen molar-refractivity contribution >= 4 is 11.7 Å². The molecule has 0 aliphatic rings. The van der Waals surface area contributed by atoms with E-state index >= 15 is 0 Å². The molecule has 0 saturated carbocycles. The van der Waals surface area contributed by atoms with Gasteiger partial charge in [-0.3, -0.25) is 0 Å². The molecule has 6 heteroatoms. The SMILES string of the molecule is COC(=O)c1ccccc1-c1ccc(N)c(OC(F)F)c1. The van der Waals surface area contributed by atoms with Gasteiger partial charge in [-0.15, -0.1) is 0 Å². The molecule has 0 aliphatic heterocycles. The summed E-state index contributed by atoms with van der Waals surface area (Å²) in [5.74, 6) is -0.652. The number of benzene rings is 2. The van der Waals surface area contributed by atoms with Crippen molar-refractivity contribution in [1.29, 1.82) is 0 Å². The number of carbonyl (C=O) groups excluding carboxylic acids is 1. The fourth-order valence-corrected chi connectivity index (χ4v) is 1.92. The van der Waals surface area contributed by atoms with E-state index in [0.29, 0.717) is 16.7 Å². The Kier molecular flexibility index (Phi) is 4.37. The Labute approximate surface area is 120 Å². The fraction of sp³-hybridized carbons (Fsp3) is 0.133. The molecule has 0 atom stereocenters. The summed E-state index contributed by atoms with van der Waals surface area (Å²) in [5.41, 5.74) is 7.08. The van der Waals surface area contributed by atoms with Gasteiger partial charge in [0.15, 0.2) is 0 Å². The first-order valence-electron chi connectivity index (χ1n) is 6.05. The Morgan fingerprint density at radius 2 is 1.90 bits per heavy atom. The Morgan fingerprint density at radius 1 is 1.19 bits per heavy atom. The number of methoxy groups -OCH3 is 1. The number of rotatable bonds is 4. The maximum Gasteiger partial charge on any atom is 0.387 e. The molecule has 2 N–H and O–H groups in total. The van der Waals surface area contributed by atoms with Gasteiger partial charge in [0.05, 0.1) is 18.4 Å². The van der Waals surface area contributed by atoms with Crippen LogP contribution in [0, 0.1) is 0 Å². The van der Waals surface area contributed by atoms with Crippen molar-refractivity contribution in [3.8, 4) is 16.9 Å². The zero-order valence-corrected chi connectivity index (χ0v) is 11.2. The summed E-state index contributed by atoms with van der Waals surface area (Å²) < 4.78 is 33.8. The van der Waals surface area contributed by atoms with E-state index in [1.54, 1.807) is 30.3 Å². The van der Waals surface area contributed by atoms with Gasteiger partial charge in [0.25, 0.3) is 0 Å². The van der Waals surface area contributed by atoms with E-state index in [-0.39, 0.29) is 11.4 Å². The lowest BCUT2D eigenvalue weighted by Crippen LogP contribution is -2.06. The second-order valence-corrected chi connectivity index (χ2v) is 4.17. The molecule has 2 aromatic carbocycles.